The molecule has 0 saturated carbocycles. The summed E-state index contributed by atoms with van der Waals surface area (Å²) < 4.78 is 25.8. The highest BCUT2D eigenvalue weighted by molar-refractivity contribution is 8.02. The molecule has 8 heteroatoms. The molecule has 0 aliphatic carbocycles. The molecule has 0 spiro atoms. The lowest BCUT2D eigenvalue weighted by atomic mass is 10.1. The molecule has 0 amide bonds. The molecule has 1 aliphatic rings. The van der Waals surface area contributed by atoms with E-state index in [-0.39, 0.29) is 5.82 Å². The van der Waals surface area contributed by atoms with E-state index in [4.69, 9.17) is 9.47 Å². The second-order valence-electron chi connectivity index (χ2n) is 5.48. The van der Waals surface area contributed by atoms with Gasteiger partial charge in [0, 0.05) is 16.5 Å². The first kappa shape index (κ1) is 16.5. The standard InChI is InChI=1S/C18H15FN4O2S/c1-24-13-7-8-16(25-2)14(9-13)15-10-26-18-21-20-17(23(18)22-15)11-3-5-12(19)6-4-11/h3-10,22H,1-2H3. The van der Waals surface area contributed by atoms with Crippen LogP contribution in [0.4, 0.5) is 4.39 Å². The fourth-order valence-corrected chi connectivity index (χ4v) is 3.37. The van der Waals surface area contributed by atoms with Gasteiger partial charge in [0.15, 0.2) is 5.82 Å². The first-order chi connectivity index (χ1) is 12.7. The van der Waals surface area contributed by atoms with Crippen LogP contribution in [0.3, 0.4) is 0 Å². The van der Waals surface area contributed by atoms with Crippen molar-refractivity contribution in [1.82, 2.24) is 14.9 Å². The summed E-state index contributed by atoms with van der Waals surface area (Å²) in [6.45, 7) is 0. The van der Waals surface area contributed by atoms with Gasteiger partial charge in [-0.2, -0.15) is 0 Å². The number of fused-ring (bicyclic) bond motifs is 1. The number of thioether (sulfide) groups is 1. The van der Waals surface area contributed by atoms with Gasteiger partial charge in [-0.1, -0.05) is 11.8 Å². The molecule has 4 rings (SSSR count). The fourth-order valence-electron chi connectivity index (χ4n) is 2.64. The molecule has 0 fully saturated rings. The van der Waals surface area contributed by atoms with E-state index in [1.54, 1.807) is 31.0 Å². The number of aromatic nitrogens is 3. The molecule has 26 heavy (non-hydrogen) atoms. The Kier molecular flexibility index (Phi) is 4.26. The maximum atomic E-state index is 13.2. The number of benzene rings is 2. The monoisotopic (exact) mass is 370 g/mol. The largest absolute Gasteiger partial charge is 0.497 e. The summed E-state index contributed by atoms with van der Waals surface area (Å²) in [7, 11) is 3.24. The summed E-state index contributed by atoms with van der Waals surface area (Å²) in [6, 6.07) is 11.7. The number of halogens is 1. The van der Waals surface area contributed by atoms with E-state index in [2.05, 4.69) is 15.6 Å². The van der Waals surface area contributed by atoms with E-state index in [0.717, 1.165) is 22.6 Å². The highest BCUT2D eigenvalue weighted by Crippen LogP contribution is 2.36. The van der Waals surface area contributed by atoms with E-state index in [9.17, 15) is 4.39 Å². The second kappa shape index (κ2) is 6.72. The van der Waals surface area contributed by atoms with Crippen LogP contribution in [0.5, 0.6) is 11.5 Å². The number of methoxy groups -OCH3 is 2. The van der Waals surface area contributed by atoms with Crippen LogP contribution < -0.4 is 14.9 Å². The van der Waals surface area contributed by atoms with Crippen molar-refractivity contribution in [2.45, 2.75) is 5.16 Å². The Morgan fingerprint density at radius 3 is 2.58 bits per heavy atom. The lowest BCUT2D eigenvalue weighted by Crippen LogP contribution is -2.18. The average molecular weight is 370 g/mol. The number of hydrogen-bond acceptors (Lipinski definition) is 6. The molecule has 1 aliphatic heterocycles. The second-order valence-corrected chi connectivity index (χ2v) is 6.31. The van der Waals surface area contributed by atoms with Crippen molar-refractivity contribution in [3.05, 3.63) is 59.3 Å². The SMILES string of the molecule is COc1ccc(OC)c(C2=CSc3nnc(-c4ccc(F)cc4)n3N2)c1. The first-order valence-corrected chi connectivity index (χ1v) is 8.65. The van der Waals surface area contributed by atoms with Gasteiger partial charge in [0.1, 0.15) is 17.3 Å². The van der Waals surface area contributed by atoms with Crippen LogP contribution in [0.25, 0.3) is 17.1 Å². The average Bonchev–Trinajstić information content (AvgIpc) is 3.11. The smallest absolute Gasteiger partial charge is 0.214 e. The predicted octanol–water partition coefficient (Wildman–Crippen LogP) is 3.75. The Morgan fingerprint density at radius 2 is 1.85 bits per heavy atom. The van der Waals surface area contributed by atoms with Gasteiger partial charge in [-0.15, -0.1) is 10.2 Å². The van der Waals surface area contributed by atoms with Crippen molar-refractivity contribution < 1.29 is 13.9 Å². The van der Waals surface area contributed by atoms with E-state index in [1.807, 2.05) is 23.6 Å². The highest BCUT2D eigenvalue weighted by atomic mass is 32.2. The number of hydrogen-bond donors (Lipinski definition) is 1. The Labute approximate surface area is 153 Å². The molecule has 1 aromatic heterocycles. The number of ether oxygens (including phenoxy) is 2. The molecule has 0 atom stereocenters. The molecule has 0 unspecified atom stereocenters. The van der Waals surface area contributed by atoms with Gasteiger partial charge in [-0.3, -0.25) is 5.43 Å². The number of nitrogens with zero attached hydrogens (tertiary/aromatic N) is 3. The van der Waals surface area contributed by atoms with Crippen LogP contribution in [0.15, 0.2) is 53.0 Å². The third kappa shape index (κ3) is 2.88. The lowest BCUT2D eigenvalue weighted by molar-refractivity contribution is 0.402. The van der Waals surface area contributed by atoms with Gasteiger partial charge in [0.25, 0.3) is 0 Å². The zero-order valence-corrected chi connectivity index (χ0v) is 14.9. The van der Waals surface area contributed by atoms with Crippen LogP contribution in [-0.4, -0.2) is 29.1 Å². The van der Waals surface area contributed by atoms with E-state index in [1.165, 1.54) is 23.9 Å². The van der Waals surface area contributed by atoms with Crippen molar-refractivity contribution in [2.24, 2.45) is 0 Å². The quantitative estimate of drug-likeness (QED) is 0.755. The zero-order chi connectivity index (χ0) is 18.1. The Balaban J connectivity index is 1.72. The molecule has 6 nitrogen and oxygen atoms in total. The third-order valence-electron chi connectivity index (χ3n) is 3.95. The fraction of sp³-hybridized carbons (Fsp3) is 0.111. The molecule has 2 heterocycles. The van der Waals surface area contributed by atoms with Crippen molar-refractivity contribution in [2.75, 3.05) is 19.6 Å². The number of nitrogens with one attached hydrogen (secondary N) is 1. The summed E-state index contributed by atoms with van der Waals surface area (Å²) in [4.78, 5) is 0. The maximum Gasteiger partial charge on any atom is 0.214 e. The summed E-state index contributed by atoms with van der Waals surface area (Å²) in [6.07, 6.45) is 0. The van der Waals surface area contributed by atoms with Crippen LogP contribution in [-0.2, 0) is 0 Å². The summed E-state index contributed by atoms with van der Waals surface area (Å²) in [5, 5.41) is 11.0. The van der Waals surface area contributed by atoms with Crippen LogP contribution in [0.2, 0.25) is 0 Å². The van der Waals surface area contributed by atoms with Gasteiger partial charge in [-0.25, -0.2) is 9.07 Å². The van der Waals surface area contributed by atoms with Crippen molar-refractivity contribution in [1.29, 1.82) is 0 Å². The normalized spacial score (nSPS) is 12.8. The van der Waals surface area contributed by atoms with Crippen molar-refractivity contribution in [3.8, 4) is 22.9 Å². The van der Waals surface area contributed by atoms with Crippen LogP contribution in [0, 0.1) is 5.82 Å². The minimum absolute atomic E-state index is 0.295. The molecular weight excluding hydrogens is 355 g/mol. The van der Waals surface area contributed by atoms with Gasteiger partial charge in [-0.05, 0) is 42.5 Å². The molecule has 0 bridgehead atoms. The Morgan fingerprint density at radius 1 is 1.04 bits per heavy atom. The van der Waals surface area contributed by atoms with Crippen molar-refractivity contribution in [3.63, 3.8) is 0 Å². The number of rotatable bonds is 4. The zero-order valence-electron chi connectivity index (χ0n) is 14.1. The van der Waals surface area contributed by atoms with Crippen molar-refractivity contribution >= 4 is 17.5 Å². The van der Waals surface area contributed by atoms with Crippen LogP contribution >= 0.6 is 11.8 Å². The lowest BCUT2D eigenvalue weighted by Gasteiger charge is -2.21. The van der Waals surface area contributed by atoms with E-state index < -0.39 is 0 Å². The molecular formula is C18H15FN4O2S. The first-order valence-electron chi connectivity index (χ1n) is 7.77. The summed E-state index contributed by atoms with van der Waals surface area (Å²) >= 11 is 1.44. The van der Waals surface area contributed by atoms with E-state index in [0.29, 0.717) is 16.7 Å². The van der Waals surface area contributed by atoms with E-state index >= 15 is 0 Å². The summed E-state index contributed by atoms with van der Waals surface area (Å²) in [5.41, 5.74) is 5.74. The molecule has 2 aromatic carbocycles. The highest BCUT2D eigenvalue weighted by Gasteiger charge is 2.21. The summed E-state index contributed by atoms with van der Waals surface area (Å²) in [5.74, 6) is 1.74. The Hall–Kier alpha value is -3.00. The maximum absolute atomic E-state index is 13.2. The predicted molar refractivity (Wildman–Crippen MR) is 98.2 cm³/mol. The molecule has 0 saturated heterocycles. The molecule has 1 N–H and O–H groups in total. The molecule has 0 radical (unpaired) electrons. The molecule has 3 aromatic rings. The van der Waals surface area contributed by atoms with Gasteiger partial charge in [0.05, 0.1) is 19.9 Å². The topological polar surface area (TPSA) is 61.2 Å². The minimum atomic E-state index is -0.295. The van der Waals surface area contributed by atoms with Gasteiger partial charge in [0.2, 0.25) is 5.16 Å². The molecule has 132 valence electrons. The minimum Gasteiger partial charge on any atom is -0.497 e. The van der Waals surface area contributed by atoms with Gasteiger partial charge >= 0.3 is 0 Å². The Bertz CT molecular complexity index is 985. The van der Waals surface area contributed by atoms with Crippen LogP contribution in [0.1, 0.15) is 5.56 Å². The third-order valence-corrected chi connectivity index (χ3v) is 4.78. The van der Waals surface area contributed by atoms with Gasteiger partial charge < -0.3 is 9.47 Å².